The molecule has 0 amide bonds. The van der Waals surface area contributed by atoms with Gasteiger partial charge in [-0.05, 0) is 36.5 Å². The SMILES string of the molecule is CCC(CC(N)C(=O)OC)c1ccc(OC)c(OC)c1. The Morgan fingerprint density at radius 1 is 1.20 bits per heavy atom. The number of methoxy groups -OCH3 is 3. The molecule has 5 nitrogen and oxygen atoms in total. The van der Waals surface area contributed by atoms with Crippen LogP contribution in [0, 0.1) is 0 Å². The van der Waals surface area contributed by atoms with Crippen molar-refractivity contribution in [1.29, 1.82) is 0 Å². The maximum Gasteiger partial charge on any atom is 0.322 e. The molecule has 2 atom stereocenters. The standard InChI is InChI=1S/C15H23NO4/c1-5-10(8-12(16)15(17)20-4)11-6-7-13(18-2)14(9-11)19-3/h6-7,9-10,12H,5,8,16H2,1-4H3. The number of hydrogen-bond donors (Lipinski definition) is 1. The van der Waals surface area contributed by atoms with Crippen molar-refractivity contribution in [2.24, 2.45) is 5.73 Å². The molecule has 2 N–H and O–H groups in total. The first kappa shape index (κ1) is 16.3. The van der Waals surface area contributed by atoms with Crippen molar-refractivity contribution in [1.82, 2.24) is 0 Å². The Balaban J connectivity index is 2.92. The van der Waals surface area contributed by atoms with Crippen LogP contribution >= 0.6 is 0 Å². The van der Waals surface area contributed by atoms with Crippen LogP contribution in [0.25, 0.3) is 0 Å². The first-order valence-electron chi connectivity index (χ1n) is 6.62. The average molecular weight is 281 g/mol. The van der Waals surface area contributed by atoms with Crippen molar-refractivity contribution in [2.75, 3.05) is 21.3 Å². The van der Waals surface area contributed by atoms with E-state index in [2.05, 4.69) is 11.7 Å². The zero-order valence-corrected chi connectivity index (χ0v) is 12.5. The van der Waals surface area contributed by atoms with Gasteiger partial charge in [0, 0.05) is 0 Å². The molecule has 1 aromatic rings. The maximum atomic E-state index is 11.4. The van der Waals surface area contributed by atoms with Gasteiger partial charge in [-0.25, -0.2) is 0 Å². The Bertz CT molecular complexity index is 447. The van der Waals surface area contributed by atoms with Crippen LogP contribution in [0.15, 0.2) is 18.2 Å². The molecule has 112 valence electrons. The highest BCUT2D eigenvalue weighted by Gasteiger charge is 2.21. The van der Waals surface area contributed by atoms with Crippen molar-refractivity contribution in [3.63, 3.8) is 0 Å². The normalized spacial score (nSPS) is 13.4. The summed E-state index contributed by atoms with van der Waals surface area (Å²) < 4.78 is 15.2. The second-order valence-corrected chi connectivity index (χ2v) is 4.58. The van der Waals surface area contributed by atoms with Gasteiger partial charge in [0.2, 0.25) is 0 Å². The summed E-state index contributed by atoms with van der Waals surface area (Å²) in [6, 6.07) is 5.15. The van der Waals surface area contributed by atoms with Crippen LogP contribution in [0.2, 0.25) is 0 Å². The Hall–Kier alpha value is -1.75. The number of carbonyl (C=O) groups excluding carboxylic acids is 1. The van der Waals surface area contributed by atoms with Crippen LogP contribution in [-0.2, 0) is 9.53 Å². The molecule has 0 radical (unpaired) electrons. The first-order chi connectivity index (χ1) is 9.57. The molecule has 20 heavy (non-hydrogen) atoms. The average Bonchev–Trinajstić information content (AvgIpc) is 2.50. The zero-order chi connectivity index (χ0) is 15.1. The van der Waals surface area contributed by atoms with E-state index in [0.29, 0.717) is 17.9 Å². The molecule has 0 spiro atoms. The summed E-state index contributed by atoms with van der Waals surface area (Å²) in [5.74, 6) is 1.14. The lowest BCUT2D eigenvalue weighted by atomic mass is 9.90. The largest absolute Gasteiger partial charge is 0.493 e. The summed E-state index contributed by atoms with van der Waals surface area (Å²) in [4.78, 5) is 11.4. The van der Waals surface area contributed by atoms with Gasteiger partial charge in [-0.1, -0.05) is 13.0 Å². The molecule has 0 aliphatic heterocycles. The van der Waals surface area contributed by atoms with Gasteiger partial charge < -0.3 is 19.9 Å². The maximum absolute atomic E-state index is 11.4. The third-order valence-corrected chi connectivity index (χ3v) is 3.41. The van der Waals surface area contributed by atoms with E-state index in [9.17, 15) is 4.79 Å². The van der Waals surface area contributed by atoms with Crippen LogP contribution in [-0.4, -0.2) is 33.3 Å². The van der Waals surface area contributed by atoms with Gasteiger partial charge in [0.05, 0.1) is 21.3 Å². The topological polar surface area (TPSA) is 70.8 Å². The Kier molecular flexibility index (Phi) is 6.31. The number of nitrogens with two attached hydrogens (primary N) is 1. The molecule has 0 bridgehead atoms. The molecule has 0 saturated heterocycles. The molecule has 0 fully saturated rings. The fraction of sp³-hybridized carbons (Fsp3) is 0.533. The third kappa shape index (κ3) is 3.87. The van der Waals surface area contributed by atoms with E-state index in [4.69, 9.17) is 15.2 Å². The second-order valence-electron chi connectivity index (χ2n) is 4.58. The van der Waals surface area contributed by atoms with Crippen molar-refractivity contribution in [3.05, 3.63) is 23.8 Å². The summed E-state index contributed by atoms with van der Waals surface area (Å²) in [6.07, 6.45) is 1.42. The van der Waals surface area contributed by atoms with Crippen LogP contribution in [0.1, 0.15) is 31.2 Å². The van der Waals surface area contributed by atoms with E-state index in [-0.39, 0.29) is 11.9 Å². The number of benzene rings is 1. The predicted molar refractivity (Wildman–Crippen MR) is 77.2 cm³/mol. The Morgan fingerprint density at radius 2 is 1.85 bits per heavy atom. The molecule has 1 aromatic carbocycles. The highest BCUT2D eigenvalue weighted by atomic mass is 16.5. The van der Waals surface area contributed by atoms with E-state index >= 15 is 0 Å². The van der Waals surface area contributed by atoms with E-state index < -0.39 is 6.04 Å². The minimum atomic E-state index is -0.613. The fourth-order valence-electron chi connectivity index (χ4n) is 2.20. The molecular weight excluding hydrogens is 258 g/mol. The second kappa shape index (κ2) is 7.75. The van der Waals surface area contributed by atoms with Crippen molar-refractivity contribution < 1.29 is 19.0 Å². The third-order valence-electron chi connectivity index (χ3n) is 3.41. The predicted octanol–water partition coefficient (Wildman–Crippen LogP) is 2.09. The highest BCUT2D eigenvalue weighted by molar-refractivity contribution is 5.75. The molecule has 0 heterocycles. The number of esters is 1. The van der Waals surface area contributed by atoms with E-state index in [0.717, 1.165) is 12.0 Å². The smallest absolute Gasteiger partial charge is 0.322 e. The quantitative estimate of drug-likeness (QED) is 0.775. The Morgan fingerprint density at radius 3 is 2.35 bits per heavy atom. The molecule has 5 heteroatoms. The lowest BCUT2D eigenvalue weighted by molar-refractivity contribution is -0.142. The van der Waals surface area contributed by atoms with Gasteiger partial charge in [0.25, 0.3) is 0 Å². The summed E-state index contributed by atoms with van der Waals surface area (Å²) in [5, 5.41) is 0. The highest BCUT2D eigenvalue weighted by Crippen LogP contribution is 2.33. The van der Waals surface area contributed by atoms with Gasteiger partial charge in [-0.15, -0.1) is 0 Å². The minimum absolute atomic E-state index is 0.170. The van der Waals surface area contributed by atoms with Gasteiger partial charge in [-0.3, -0.25) is 4.79 Å². The number of ether oxygens (including phenoxy) is 3. The van der Waals surface area contributed by atoms with Gasteiger partial charge in [-0.2, -0.15) is 0 Å². The lowest BCUT2D eigenvalue weighted by Gasteiger charge is -2.20. The van der Waals surface area contributed by atoms with Gasteiger partial charge in [0.15, 0.2) is 11.5 Å². The van der Waals surface area contributed by atoms with Crippen molar-refractivity contribution >= 4 is 5.97 Å². The van der Waals surface area contributed by atoms with Crippen LogP contribution in [0.3, 0.4) is 0 Å². The summed E-state index contributed by atoms with van der Waals surface area (Å²) in [7, 11) is 4.55. The lowest BCUT2D eigenvalue weighted by Crippen LogP contribution is -2.33. The van der Waals surface area contributed by atoms with Crippen LogP contribution in [0.4, 0.5) is 0 Å². The van der Waals surface area contributed by atoms with E-state index in [1.54, 1.807) is 14.2 Å². The minimum Gasteiger partial charge on any atom is -0.493 e. The summed E-state index contributed by atoms with van der Waals surface area (Å²) >= 11 is 0. The van der Waals surface area contributed by atoms with Crippen molar-refractivity contribution in [2.45, 2.75) is 31.7 Å². The monoisotopic (exact) mass is 281 g/mol. The molecule has 2 unspecified atom stereocenters. The first-order valence-corrected chi connectivity index (χ1v) is 6.62. The molecule has 0 saturated carbocycles. The molecule has 0 aromatic heterocycles. The van der Waals surface area contributed by atoms with Gasteiger partial charge in [0.1, 0.15) is 6.04 Å². The molecular formula is C15H23NO4. The molecule has 0 aliphatic carbocycles. The van der Waals surface area contributed by atoms with Crippen molar-refractivity contribution in [3.8, 4) is 11.5 Å². The van der Waals surface area contributed by atoms with Crippen LogP contribution < -0.4 is 15.2 Å². The van der Waals surface area contributed by atoms with E-state index in [1.165, 1.54) is 7.11 Å². The molecule has 1 rings (SSSR count). The molecule has 0 aliphatic rings. The Labute approximate surface area is 120 Å². The fourth-order valence-corrected chi connectivity index (χ4v) is 2.20. The number of hydrogen-bond acceptors (Lipinski definition) is 5. The summed E-state index contributed by atoms with van der Waals surface area (Å²) in [5.41, 5.74) is 6.91. The van der Waals surface area contributed by atoms with Gasteiger partial charge >= 0.3 is 5.97 Å². The number of carbonyl (C=O) groups is 1. The van der Waals surface area contributed by atoms with Crippen LogP contribution in [0.5, 0.6) is 11.5 Å². The zero-order valence-electron chi connectivity index (χ0n) is 12.5. The number of rotatable bonds is 7. The summed E-state index contributed by atoms with van der Waals surface area (Å²) in [6.45, 7) is 2.06. The van der Waals surface area contributed by atoms with E-state index in [1.807, 2.05) is 18.2 Å².